The number of H-pyrrole nitrogens is 2. The lowest BCUT2D eigenvalue weighted by Gasteiger charge is -2.32. The summed E-state index contributed by atoms with van der Waals surface area (Å²) in [6, 6.07) is 16.6. The Labute approximate surface area is 156 Å². The van der Waals surface area contributed by atoms with Crippen LogP contribution < -0.4 is 0 Å². The minimum atomic E-state index is 0.186. The lowest BCUT2D eigenvalue weighted by molar-refractivity contribution is -0.134. The Bertz CT molecular complexity index is 1140. The lowest BCUT2D eigenvalue weighted by Crippen LogP contribution is -2.47. The second-order valence-corrected chi connectivity index (χ2v) is 7.21. The van der Waals surface area contributed by atoms with Crippen LogP contribution in [0.25, 0.3) is 33.2 Å². The number of aromatic amines is 2. The van der Waals surface area contributed by atoms with E-state index < -0.39 is 0 Å². The van der Waals surface area contributed by atoms with Crippen molar-refractivity contribution in [2.45, 2.75) is 6.54 Å². The first-order valence-electron chi connectivity index (χ1n) is 9.19. The SMILES string of the molecule is CN1CCN(Cc2cccc3[nH]c(-c4n[nH]c5ccccc45)cc23)CC1=O. The van der Waals surface area contributed by atoms with Crippen molar-refractivity contribution in [2.24, 2.45) is 0 Å². The van der Waals surface area contributed by atoms with Crippen molar-refractivity contribution in [2.75, 3.05) is 26.7 Å². The summed E-state index contributed by atoms with van der Waals surface area (Å²) >= 11 is 0. The van der Waals surface area contributed by atoms with Crippen LogP contribution in [0.1, 0.15) is 5.56 Å². The van der Waals surface area contributed by atoms with E-state index in [2.05, 4.69) is 50.4 Å². The molecular weight excluding hydrogens is 338 g/mol. The highest BCUT2D eigenvalue weighted by atomic mass is 16.2. The molecule has 3 heterocycles. The molecule has 0 atom stereocenters. The van der Waals surface area contributed by atoms with Crippen molar-refractivity contribution in [1.29, 1.82) is 0 Å². The third-order valence-corrected chi connectivity index (χ3v) is 5.41. The van der Waals surface area contributed by atoms with E-state index in [1.165, 1.54) is 10.9 Å². The third kappa shape index (κ3) is 2.78. The summed E-state index contributed by atoms with van der Waals surface area (Å²) in [6.45, 7) is 2.94. The van der Waals surface area contributed by atoms with Crippen molar-refractivity contribution in [3.8, 4) is 11.4 Å². The zero-order valence-electron chi connectivity index (χ0n) is 15.2. The Morgan fingerprint density at radius 2 is 1.89 bits per heavy atom. The van der Waals surface area contributed by atoms with Gasteiger partial charge in [0.1, 0.15) is 5.69 Å². The van der Waals surface area contributed by atoms with Gasteiger partial charge in [-0.05, 0) is 23.8 Å². The molecular formula is C21H21N5O. The molecule has 0 radical (unpaired) electrons. The first-order valence-corrected chi connectivity index (χ1v) is 9.19. The quantitative estimate of drug-likeness (QED) is 0.591. The standard InChI is InChI=1S/C21H21N5O/c1-25-9-10-26(13-20(25)27)12-14-5-4-8-17-16(14)11-19(22-17)21-15-6-2-3-7-18(15)23-24-21/h2-8,11,22H,9-10,12-13H2,1H3,(H,23,24). The van der Waals surface area contributed by atoms with E-state index >= 15 is 0 Å². The van der Waals surface area contributed by atoms with Crippen LogP contribution in [0.3, 0.4) is 0 Å². The van der Waals surface area contributed by atoms with Crippen LogP contribution in [0, 0.1) is 0 Å². The number of aromatic nitrogens is 3. The van der Waals surface area contributed by atoms with Gasteiger partial charge in [-0.1, -0.05) is 30.3 Å². The molecule has 0 unspecified atom stereocenters. The Balaban J connectivity index is 1.51. The monoisotopic (exact) mass is 359 g/mol. The van der Waals surface area contributed by atoms with Gasteiger partial charge in [0.2, 0.25) is 5.91 Å². The van der Waals surface area contributed by atoms with Gasteiger partial charge in [0.25, 0.3) is 0 Å². The second kappa shape index (κ2) is 6.25. The van der Waals surface area contributed by atoms with Gasteiger partial charge in [-0.3, -0.25) is 14.8 Å². The number of carbonyl (C=O) groups is 1. The number of likely N-dealkylation sites (N-methyl/N-ethyl adjacent to an activating group) is 1. The maximum atomic E-state index is 12.0. The summed E-state index contributed by atoms with van der Waals surface area (Å²) in [5, 5.41) is 9.90. The molecule has 27 heavy (non-hydrogen) atoms. The Morgan fingerprint density at radius 3 is 2.78 bits per heavy atom. The van der Waals surface area contributed by atoms with Crippen LogP contribution in [0.15, 0.2) is 48.5 Å². The fourth-order valence-electron chi connectivity index (χ4n) is 3.84. The highest BCUT2D eigenvalue weighted by molar-refractivity contribution is 5.96. The van der Waals surface area contributed by atoms with Gasteiger partial charge in [0.15, 0.2) is 0 Å². The molecule has 2 aromatic heterocycles. The van der Waals surface area contributed by atoms with Gasteiger partial charge >= 0.3 is 0 Å². The summed E-state index contributed by atoms with van der Waals surface area (Å²) in [5.41, 5.74) is 5.29. The molecule has 5 rings (SSSR count). The molecule has 2 aromatic carbocycles. The molecule has 1 saturated heterocycles. The van der Waals surface area contributed by atoms with Gasteiger partial charge in [-0.2, -0.15) is 5.10 Å². The number of para-hydroxylation sites is 1. The van der Waals surface area contributed by atoms with Gasteiger partial charge in [-0.25, -0.2) is 0 Å². The number of benzene rings is 2. The Kier molecular flexibility index (Phi) is 3.72. The van der Waals surface area contributed by atoms with Crippen LogP contribution in [0.2, 0.25) is 0 Å². The maximum absolute atomic E-state index is 12.0. The van der Waals surface area contributed by atoms with E-state index in [4.69, 9.17) is 0 Å². The Morgan fingerprint density at radius 1 is 1.04 bits per heavy atom. The molecule has 0 aliphatic carbocycles. The average Bonchev–Trinajstić information content (AvgIpc) is 3.29. The minimum Gasteiger partial charge on any atom is -0.353 e. The van der Waals surface area contributed by atoms with Crippen molar-refractivity contribution in [3.05, 3.63) is 54.1 Å². The van der Waals surface area contributed by atoms with Crippen LogP contribution in [0.5, 0.6) is 0 Å². The fraction of sp³-hybridized carbons (Fsp3) is 0.238. The molecule has 1 fully saturated rings. The number of nitrogens with one attached hydrogen (secondary N) is 2. The molecule has 136 valence electrons. The van der Waals surface area contributed by atoms with E-state index in [0.717, 1.165) is 47.4 Å². The van der Waals surface area contributed by atoms with Crippen molar-refractivity contribution >= 4 is 27.7 Å². The van der Waals surface area contributed by atoms with Crippen LogP contribution >= 0.6 is 0 Å². The fourth-order valence-corrected chi connectivity index (χ4v) is 3.84. The summed E-state index contributed by atoms with van der Waals surface area (Å²) in [5.74, 6) is 0.186. The number of rotatable bonds is 3. The smallest absolute Gasteiger partial charge is 0.236 e. The largest absolute Gasteiger partial charge is 0.353 e. The van der Waals surface area contributed by atoms with Crippen molar-refractivity contribution < 1.29 is 4.79 Å². The minimum absolute atomic E-state index is 0.186. The lowest BCUT2D eigenvalue weighted by atomic mass is 10.1. The molecule has 1 aliphatic heterocycles. The number of amides is 1. The van der Waals surface area contributed by atoms with Gasteiger partial charge in [0, 0.05) is 43.0 Å². The van der Waals surface area contributed by atoms with Crippen LogP contribution in [-0.2, 0) is 11.3 Å². The predicted molar refractivity (Wildman–Crippen MR) is 106 cm³/mol. The number of fused-ring (bicyclic) bond motifs is 2. The van der Waals surface area contributed by atoms with E-state index in [9.17, 15) is 4.79 Å². The highest BCUT2D eigenvalue weighted by Crippen LogP contribution is 2.30. The topological polar surface area (TPSA) is 68.0 Å². The van der Waals surface area contributed by atoms with Crippen LogP contribution in [-0.4, -0.2) is 57.6 Å². The van der Waals surface area contributed by atoms with E-state index in [0.29, 0.717) is 6.54 Å². The predicted octanol–water partition coefficient (Wildman–Crippen LogP) is 2.99. The molecule has 0 spiro atoms. The third-order valence-electron chi connectivity index (χ3n) is 5.41. The summed E-state index contributed by atoms with van der Waals surface area (Å²) in [4.78, 5) is 19.5. The van der Waals surface area contributed by atoms with Gasteiger partial charge < -0.3 is 9.88 Å². The zero-order valence-corrected chi connectivity index (χ0v) is 15.2. The molecule has 2 N–H and O–H groups in total. The van der Waals surface area contributed by atoms with Gasteiger partial charge in [0.05, 0.1) is 17.8 Å². The van der Waals surface area contributed by atoms with E-state index in [-0.39, 0.29) is 5.91 Å². The summed E-state index contributed by atoms with van der Waals surface area (Å²) < 4.78 is 0. The normalized spacial score (nSPS) is 15.9. The highest BCUT2D eigenvalue weighted by Gasteiger charge is 2.21. The number of hydrogen-bond acceptors (Lipinski definition) is 3. The average molecular weight is 359 g/mol. The molecule has 6 heteroatoms. The Hall–Kier alpha value is -3.12. The van der Waals surface area contributed by atoms with E-state index in [1.54, 1.807) is 4.90 Å². The summed E-state index contributed by atoms with van der Waals surface area (Å²) in [7, 11) is 1.87. The number of hydrogen-bond donors (Lipinski definition) is 2. The molecule has 1 amide bonds. The molecule has 0 saturated carbocycles. The first-order chi connectivity index (χ1) is 13.2. The zero-order chi connectivity index (χ0) is 18.4. The second-order valence-electron chi connectivity index (χ2n) is 7.21. The summed E-state index contributed by atoms with van der Waals surface area (Å²) in [6.07, 6.45) is 0. The van der Waals surface area contributed by atoms with Crippen LogP contribution in [0.4, 0.5) is 0 Å². The first kappa shape index (κ1) is 16.1. The molecule has 6 nitrogen and oxygen atoms in total. The van der Waals surface area contributed by atoms with Crippen molar-refractivity contribution in [1.82, 2.24) is 25.0 Å². The van der Waals surface area contributed by atoms with E-state index in [1.807, 2.05) is 25.2 Å². The van der Waals surface area contributed by atoms with Crippen molar-refractivity contribution in [3.63, 3.8) is 0 Å². The maximum Gasteiger partial charge on any atom is 0.236 e. The number of nitrogens with zero attached hydrogens (tertiary/aromatic N) is 3. The molecule has 1 aliphatic rings. The molecule has 0 bridgehead atoms. The molecule has 4 aromatic rings. The van der Waals surface area contributed by atoms with Gasteiger partial charge in [-0.15, -0.1) is 0 Å². The number of carbonyl (C=O) groups excluding carboxylic acids is 1. The number of piperazine rings is 1.